The third-order valence-electron chi connectivity index (χ3n) is 4.61. The van der Waals surface area contributed by atoms with Gasteiger partial charge in [-0.1, -0.05) is 47.6 Å². The molecule has 0 aliphatic carbocycles. The van der Waals surface area contributed by atoms with Crippen LogP contribution in [0, 0.1) is 10.8 Å². The van der Waals surface area contributed by atoms with E-state index >= 15 is 0 Å². The molecule has 1 heterocycles. The Balaban J connectivity index is 2.98. The minimum absolute atomic E-state index is 0.0940. The molecule has 118 valence electrons. The molecule has 0 aliphatic rings. The van der Waals surface area contributed by atoms with E-state index in [1.165, 1.54) is 5.56 Å². The van der Waals surface area contributed by atoms with Gasteiger partial charge in [0.1, 0.15) is 0 Å². The molecule has 1 rings (SSSR count). The first kappa shape index (κ1) is 17.7. The van der Waals surface area contributed by atoms with E-state index in [9.17, 15) is 4.79 Å². The molecule has 0 fully saturated rings. The molecule has 0 radical (unpaired) electrons. The van der Waals surface area contributed by atoms with Crippen LogP contribution in [0.1, 0.15) is 59.9 Å². The summed E-state index contributed by atoms with van der Waals surface area (Å²) >= 11 is 0. The van der Waals surface area contributed by atoms with Crippen LogP contribution in [-0.4, -0.2) is 16.9 Å². The van der Waals surface area contributed by atoms with Crippen molar-refractivity contribution >= 4 is 5.91 Å². The summed E-state index contributed by atoms with van der Waals surface area (Å²) in [5.41, 5.74) is 0.900. The molecule has 0 bridgehead atoms. The van der Waals surface area contributed by atoms with Crippen molar-refractivity contribution in [3.63, 3.8) is 0 Å². The fraction of sp³-hybridized carbons (Fsp3) is 0.667. The van der Waals surface area contributed by atoms with Crippen molar-refractivity contribution in [2.24, 2.45) is 10.8 Å². The second kappa shape index (κ2) is 7.06. The number of aromatic nitrogens is 1. The Morgan fingerprint density at radius 1 is 1.24 bits per heavy atom. The van der Waals surface area contributed by atoms with Crippen LogP contribution in [0.4, 0.5) is 0 Å². The summed E-state index contributed by atoms with van der Waals surface area (Å²) in [6.45, 7) is 12.5. The van der Waals surface area contributed by atoms with E-state index in [0.29, 0.717) is 0 Å². The third-order valence-corrected chi connectivity index (χ3v) is 4.61. The summed E-state index contributed by atoms with van der Waals surface area (Å²) in [6.07, 6.45) is 6.58. The highest BCUT2D eigenvalue weighted by atomic mass is 16.2. The van der Waals surface area contributed by atoms with E-state index in [-0.39, 0.29) is 22.8 Å². The van der Waals surface area contributed by atoms with Crippen molar-refractivity contribution in [2.75, 3.05) is 0 Å². The van der Waals surface area contributed by atoms with Crippen molar-refractivity contribution in [2.45, 2.75) is 66.8 Å². The number of carbonyl (C=O) groups excluding carboxylic acids is 1. The molecule has 0 saturated heterocycles. The van der Waals surface area contributed by atoms with Crippen LogP contribution in [0.3, 0.4) is 0 Å². The first-order valence-corrected chi connectivity index (χ1v) is 7.93. The van der Waals surface area contributed by atoms with Crippen molar-refractivity contribution < 1.29 is 4.79 Å². The number of rotatable bonds is 6. The average molecular weight is 290 g/mol. The molecule has 1 atom stereocenters. The monoisotopic (exact) mass is 290 g/mol. The van der Waals surface area contributed by atoms with Gasteiger partial charge < -0.3 is 5.32 Å². The van der Waals surface area contributed by atoms with Crippen LogP contribution in [0.5, 0.6) is 0 Å². The lowest BCUT2D eigenvalue weighted by atomic mass is 9.74. The number of hydrogen-bond donors (Lipinski definition) is 1. The number of hydrogen-bond acceptors (Lipinski definition) is 2. The number of nitrogens with zero attached hydrogens (tertiary/aromatic N) is 1. The van der Waals surface area contributed by atoms with E-state index in [1.807, 2.05) is 33.0 Å². The van der Waals surface area contributed by atoms with Gasteiger partial charge in [-0.3, -0.25) is 9.78 Å². The Kier molecular flexibility index (Phi) is 5.94. The van der Waals surface area contributed by atoms with Crippen LogP contribution in [-0.2, 0) is 11.2 Å². The second-order valence-electron chi connectivity index (χ2n) is 7.20. The van der Waals surface area contributed by atoms with Gasteiger partial charge in [0.15, 0.2) is 0 Å². The van der Waals surface area contributed by atoms with Gasteiger partial charge in [0.2, 0.25) is 5.91 Å². The van der Waals surface area contributed by atoms with Gasteiger partial charge in [-0.15, -0.1) is 0 Å². The van der Waals surface area contributed by atoms with Gasteiger partial charge in [-0.2, -0.15) is 0 Å². The summed E-state index contributed by atoms with van der Waals surface area (Å²) in [5, 5.41) is 3.28. The largest absolute Gasteiger partial charge is 0.352 e. The highest BCUT2D eigenvalue weighted by Crippen LogP contribution is 2.32. The summed E-state index contributed by atoms with van der Waals surface area (Å²) < 4.78 is 0. The molecular weight excluding hydrogens is 260 g/mol. The predicted molar refractivity (Wildman–Crippen MR) is 88.0 cm³/mol. The number of nitrogens with one attached hydrogen (secondary N) is 1. The van der Waals surface area contributed by atoms with Crippen LogP contribution in [0.15, 0.2) is 24.5 Å². The Morgan fingerprint density at radius 3 is 2.29 bits per heavy atom. The molecular formula is C18H30N2O. The lowest BCUT2D eigenvalue weighted by molar-refractivity contribution is -0.130. The fourth-order valence-electron chi connectivity index (χ4n) is 2.34. The minimum Gasteiger partial charge on any atom is -0.352 e. The SMILES string of the molecule is CCC(C)(CC)C(Cc1cccnc1)NC(=O)C(C)(C)C. The second-order valence-corrected chi connectivity index (χ2v) is 7.20. The normalized spacial score (nSPS) is 13.8. The lowest BCUT2D eigenvalue weighted by Crippen LogP contribution is -2.50. The standard InChI is InChI=1S/C18H30N2O/c1-7-18(6,8-2)15(20-16(21)17(3,4)5)12-14-10-9-11-19-13-14/h9-11,13,15H,7-8,12H2,1-6H3,(H,20,21). The maximum absolute atomic E-state index is 12.4. The summed E-state index contributed by atoms with van der Waals surface area (Å²) in [6, 6.07) is 4.16. The zero-order valence-corrected chi connectivity index (χ0v) is 14.4. The molecule has 21 heavy (non-hydrogen) atoms. The van der Waals surface area contributed by atoms with E-state index in [0.717, 1.165) is 19.3 Å². The Bertz CT molecular complexity index is 444. The summed E-state index contributed by atoms with van der Waals surface area (Å²) in [7, 11) is 0. The molecule has 1 N–H and O–H groups in total. The first-order valence-electron chi connectivity index (χ1n) is 7.93. The molecule has 0 aliphatic heterocycles. The fourth-order valence-corrected chi connectivity index (χ4v) is 2.34. The van der Waals surface area contributed by atoms with Gasteiger partial charge in [0, 0.05) is 23.9 Å². The van der Waals surface area contributed by atoms with Gasteiger partial charge in [0.05, 0.1) is 0 Å². The van der Waals surface area contributed by atoms with Crippen molar-refractivity contribution in [3.8, 4) is 0 Å². The first-order chi connectivity index (χ1) is 9.73. The maximum Gasteiger partial charge on any atom is 0.225 e. The summed E-state index contributed by atoms with van der Waals surface area (Å²) in [4.78, 5) is 16.6. The number of carbonyl (C=O) groups is 1. The van der Waals surface area contributed by atoms with E-state index in [4.69, 9.17) is 0 Å². The van der Waals surface area contributed by atoms with Crippen molar-refractivity contribution in [1.29, 1.82) is 0 Å². The lowest BCUT2D eigenvalue weighted by Gasteiger charge is -2.38. The molecule has 1 unspecified atom stereocenters. The highest BCUT2D eigenvalue weighted by molar-refractivity contribution is 5.81. The molecule has 1 aromatic heterocycles. The zero-order chi connectivity index (χ0) is 16.1. The minimum atomic E-state index is -0.365. The third kappa shape index (κ3) is 4.83. The van der Waals surface area contributed by atoms with E-state index < -0.39 is 0 Å². The molecule has 3 heteroatoms. The van der Waals surface area contributed by atoms with Crippen LogP contribution in [0.2, 0.25) is 0 Å². The topological polar surface area (TPSA) is 42.0 Å². The zero-order valence-electron chi connectivity index (χ0n) is 14.4. The summed E-state index contributed by atoms with van der Waals surface area (Å²) in [5.74, 6) is 0.115. The Labute approximate surface area is 129 Å². The Morgan fingerprint density at radius 2 is 1.86 bits per heavy atom. The predicted octanol–water partition coefficient (Wildman–Crippen LogP) is 3.98. The number of amides is 1. The molecule has 0 aromatic carbocycles. The quantitative estimate of drug-likeness (QED) is 0.861. The molecule has 1 amide bonds. The van der Waals surface area contributed by atoms with E-state index in [2.05, 4.69) is 37.1 Å². The van der Waals surface area contributed by atoms with Gasteiger partial charge >= 0.3 is 0 Å². The number of pyridine rings is 1. The molecule has 3 nitrogen and oxygen atoms in total. The van der Waals surface area contributed by atoms with Crippen LogP contribution < -0.4 is 5.32 Å². The maximum atomic E-state index is 12.4. The highest BCUT2D eigenvalue weighted by Gasteiger charge is 2.34. The van der Waals surface area contributed by atoms with Crippen LogP contribution in [0.25, 0.3) is 0 Å². The van der Waals surface area contributed by atoms with Gasteiger partial charge in [-0.05, 0) is 36.3 Å². The Hall–Kier alpha value is -1.38. The molecule has 1 aromatic rings. The van der Waals surface area contributed by atoms with E-state index in [1.54, 1.807) is 6.20 Å². The molecule has 0 spiro atoms. The van der Waals surface area contributed by atoms with Crippen LogP contribution >= 0.6 is 0 Å². The average Bonchev–Trinajstić information content (AvgIpc) is 2.45. The van der Waals surface area contributed by atoms with Gasteiger partial charge in [0.25, 0.3) is 0 Å². The molecule has 0 saturated carbocycles. The van der Waals surface area contributed by atoms with Crippen molar-refractivity contribution in [3.05, 3.63) is 30.1 Å². The van der Waals surface area contributed by atoms with Crippen molar-refractivity contribution in [1.82, 2.24) is 10.3 Å². The smallest absolute Gasteiger partial charge is 0.225 e. The van der Waals surface area contributed by atoms with Gasteiger partial charge in [-0.25, -0.2) is 0 Å².